The molecular weight excluding hydrogens is 200 g/mol. The van der Waals surface area contributed by atoms with Gasteiger partial charge >= 0.3 is 5.97 Å². The summed E-state index contributed by atoms with van der Waals surface area (Å²) in [5.41, 5.74) is 0. The minimum absolute atomic E-state index is 0.00488. The first-order valence-electron chi connectivity index (χ1n) is 5.23. The van der Waals surface area contributed by atoms with Gasteiger partial charge in [0.15, 0.2) is 6.10 Å². The SMILES string of the molecule is CCOC(=O)C(CC)OCCOCCO. The number of carbonyl (C=O) groups excluding carboxylic acids is 1. The Morgan fingerprint density at radius 1 is 1.27 bits per heavy atom. The predicted molar refractivity (Wildman–Crippen MR) is 54.6 cm³/mol. The summed E-state index contributed by atoms with van der Waals surface area (Å²) >= 11 is 0. The number of ether oxygens (including phenoxy) is 3. The third-order valence-electron chi connectivity index (χ3n) is 1.70. The third kappa shape index (κ3) is 7.30. The summed E-state index contributed by atoms with van der Waals surface area (Å²) in [6.45, 7) is 4.97. The van der Waals surface area contributed by atoms with E-state index >= 15 is 0 Å². The van der Waals surface area contributed by atoms with Crippen LogP contribution in [0.5, 0.6) is 0 Å². The van der Waals surface area contributed by atoms with Crippen molar-refractivity contribution in [1.29, 1.82) is 0 Å². The van der Waals surface area contributed by atoms with E-state index in [9.17, 15) is 4.79 Å². The van der Waals surface area contributed by atoms with Crippen LogP contribution in [0.2, 0.25) is 0 Å². The van der Waals surface area contributed by atoms with Crippen LogP contribution in [0.4, 0.5) is 0 Å². The van der Waals surface area contributed by atoms with Crippen LogP contribution in [0.25, 0.3) is 0 Å². The highest BCUT2D eigenvalue weighted by Gasteiger charge is 2.17. The molecule has 0 bridgehead atoms. The van der Waals surface area contributed by atoms with E-state index in [-0.39, 0.29) is 12.6 Å². The van der Waals surface area contributed by atoms with Gasteiger partial charge in [0.25, 0.3) is 0 Å². The van der Waals surface area contributed by atoms with Crippen molar-refractivity contribution >= 4 is 5.97 Å². The van der Waals surface area contributed by atoms with E-state index in [1.54, 1.807) is 6.92 Å². The number of esters is 1. The Balaban J connectivity index is 3.56. The van der Waals surface area contributed by atoms with Crippen LogP contribution in [0.15, 0.2) is 0 Å². The highest BCUT2D eigenvalue weighted by molar-refractivity contribution is 5.74. The summed E-state index contributed by atoms with van der Waals surface area (Å²) in [5.74, 6) is -0.331. The van der Waals surface area contributed by atoms with Crippen LogP contribution < -0.4 is 0 Å². The lowest BCUT2D eigenvalue weighted by Gasteiger charge is -2.14. The molecule has 0 rings (SSSR count). The monoisotopic (exact) mass is 220 g/mol. The van der Waals surface area contributed by atoms with E-state index in [1.165, 1.54) is 0 Å². The van der Waals surface area contributed by atoms with Crippen LogP contribution in [0, 0.1) is 0 Å². The van der Waals surface area contributed by atoms with E-state index in [1.807, 2.05) is 6.92 Å². The van der Waals surface area contributed by atoms with Crippen LogP contribution in [-0.2, 0) is 19.0 Å². The number of hydrogen-bond donors (Lipinski definition) is 1. The van der Waals surface area contributed by atoms with Gasteiger partial charge in [0.05, 0.1) is 33.0 Å². The van der Waals surface area contributed by atoms with Crippen molar-refractivity contribution in [2.75, 3.05) is 33.0 Å². The van der Waals surface area contributed by atoms with Crippen LogP contribution in [-0.4, -0.2) is 50.2 Å². The van der Waals surface area contributed by atoms with Crippen LogP contribution in [0.1, 0.15) is 20.3 Å². The molecule has 1 atom stereocenters. The molecular formula is C10H20O5. The average Bonchev–Trinajstić information content (AvgIpc) is 2.23. The number of carbonyl (C=O) groups is 1. The molecule has 0 aromatic carbocycles. The summed E-state index contributed by atoms with van der Waals surface area (Å²) in [6, 6.07) is 0. The molecule has 0 spiro atoms. The lowest BCUT2D eigenvalue weighted by Crippen LogP contribution is -2.27. The Hall–Kier alpha value is -0.650. The van der Waals surface area contributed by atoms with E-state index in [0.717, 1.165) is 0 Å². The zero-order chi connectivity index (χ0) is 11.5. The Kier molecular flexibility index (Phi) is 9.46. The molecule has 0 radical (unpaired) electrons. The fourth-order valence-corrected chi connectivity index (χ4v) is 1.00. The minimum atomic E-state index is -0.511. The first-order valence-corrected chi connectivity index (χ1v) is 5.23. The highest BCUT2D eigenvalue weighted by atomic mass is 16.6. The van der Waals surface area contributed by atoms with Crippen LogP contribution >= 0.6 is 0 Å². The van der Waals surface area contributed by atoms with Gasteiger partial charge in [0, 0.05) is 0 Å². The van der Waals surface area contributed by atoms with E-state index < -0.39 is 6.10 Å². The molecule has 1 unspecified atom stereocenters. The van der Waals surface area contributed by atoms with Gasteiger partial charge in [-0.2, -0.15) is 0 Å². The fraction of sp³-hybridized carbons (Fsp3) is 0.900. The van der Waals surface area contributed by atoms with Crippen molar-refractivity contribution in [3.8, 4) is 0 Å². The van der Waals surface area contributed by atoms with Gasteiger partial charge in [-0.3, -0.25) is 0 Å². The molecule has 15 heavy (non-hydrogen) atoms. The zero-order valence-corrected chi connectivity index (χ0v) is 9.40. The summed E-state index contributed by atoms with van der Waals surface area (Å²) < 4.78 is 15.1. The van der Waals surface area contributed by atoms with Gasteiger partial charge in [-0.1, -0.05) is 6.92 Å². The largest absolute Gasteiger partial charge is 0.464 e. The van der Waals surface area contributed by atoms with Crippen molar-refractivity contribution < 1.29 is 24.1 Å². The topological polar surface area (TPSA) is 65.0 Å². The number of hydrogen-bond acceptors (Lipinski definition) is 5. The first kappa shape index (κ1) is 14.3. The molecule has 0 amide bonds. The zero-order valence-electron chi connectivity index (χ0n) is 9.40. The van der Waals surface area contributed by atoms with Gasteiger partial charge in [0.2, 0.25) is 0 Å². The molecule has 5 heteroatoms. The van der Waals surface area contributed by atoms with E-state index in [2.05, 4.69) is 0 Å². The van der Waals surface area contributed by atoms with Gasteiger partial charge in [0.1, 0.15) is 0 Å². The Bertz CT molecular complexity index is 160. The summed E-state index contributed by atoms with van der Waals surface area (Å²) in [7, 11) is 0. The van der Waals surface area contributed by atoms with Crippen molar-refractivity contribution in [2.24, 2.45) is 0 Å². The smallest absolute Gasteiger partial charge is 0.335 e. The number of aliphatic hydroxyl groups excluding tert-OH is 1. The lowest BCUT2D eigenvalue weighted by atomic mass is 10.3. The normalized spacial score (nSPS) is 12.5. The molecule has 0 aliphatic heterocycles. The van der Waals surface area contributed by atoms with Gasteiger partial charge in [-0.15, -0.1) is 0 Å². The molecule has 0 fully saturated rings. The maximum Gasteiger partial charge on any atom is 0.335 e. The van der Waals surface area contributed by atoms with Gasteiger partial charge < -0.3 is 19.3 Å². The second-order valence-corrected chi connectivity index (χ2v) is 2.86. The van der Waals surface area contributed by atoms with E-state index in [0.29, 0.717) is 32.8 Å². The second kappa shape index (κ2) is 9.89. The predicted octanol–water partition coefficient (Wildman–Crippen LogP) is 0.354. The maximum atomic E-state index is 11.3. The van der Waals surface area contributed by atoms with Gasteiger partial charge in [-0.05, 0) is 13.3 Å². The highest BCUT2D eigenvalue weighted by Crippen LogP contribution is 2.00. The maximum absolute atomic E-state index is 11.3. The first-order chi connectivity index (χ1) is 7.26. The van der Waals surface area contributed by atoms with Crippen molar-refractivity contribution in [3.05, 3.63) is 0 Å². The molecule has 0 saturated heterocycles. The average molecular weight is 220 g/mol. The van der Waals surface area contributed by atoms with E-state index in [4.69, 9.17) is 19.3 Å². The fourth-order valence-electron chi connectivity index (χ4n) is 1.00. The standard InChI is InChI=1S/C10H20O5/c1-3-9(10(12)14-4-2)15-8-7-13-6-5-11/h9,11H,3-8H2,1-2H3. The lowest BCUT2D eigenvalue weighted by molar-refractivity contribution is -0.157. The third-order valence-corrected chi connectivity index (χ3v) is 1.70. The Morgan fingerprint density at radius 3 is 2.53 bits per heavy atom. The van der Waals surface area contributed by atoms with Crippen molar-refractivity contribution in [3.63, 3.8) is 0 Å². The molecule has 0 saturated carbocycles. The molecule has 0 aromatic rings. The molecule has 1 N–H and O–H groups in total. The second-order valence-electron chi connectivity index (χ2n) is 2.86. The summed E-state index contributed by atoms with van der Waals surface area (Å²) in [6.07, 6.45) is 0.0708. The minimum Gasteiger partial charge on any atom is -0.464 e. The molecule has 0 aliphatic rings. The summed E-state index contributed by atoms with van der Waals surface area (Å²) in [5, 5.41) is 8.44. The Labute approximate surface area is 90.3 Å². The molecule has 0 heterocycles. The quantitative estimate of drug-likeness (QED) is 0.449. The number of rotatable bonds is 9. The van der Waals surface area contributed by atoms with Crippen LogP contribution in [0.3, 0.4) is 0 Å². The molecule has 0 aromatic heterocycles. The Morgan fingerprint density at radius 2 is 2.00 bits per heavy atom. The molecule has 90 valence electrons. The van der Waals surface area contributed by atoms with Crippen molar-refractivity contribution in [1.82, 2.24) is 0 Å². The molecule has 0 aliphatic carbocycles. The molecule has 5 nitrogen and oxygen atoms in total. The number of aliphatic hydroxyl groups is 1. The van der Waals surface area contributed by atoms with Crippen molar-refractivity contribution in [2.45, 2.75) is 26.4 Å². The summed E-state index contributed by atoms with van der Waals surface area (Å²) in [4.78, 5) is 11.3. The van der Waals surface area contributed by atoms with Gasteiger partial charge in [-0.25, -0.2) is 4.79 Å².